The van der Waals surface area contributed by atoms with Gasteiger partial charge < -0.3 is 4.74 Å². The summed E-state index contributed by atoms with van der Waals surface area (Å²) in [5, 5.41) is 0. The van der Waals surface area contributed by atoms with Crippen LogP contribution >= 0.6 is 0 Å². The van der Waals surface area contributed by atoms with Gasteiger partial charge in [-0.2, -0.15) is 17.5 Å². The summed E-state index contributed by atoms with van der Waals surface area (Å²) in [6.07, 6.45) is -4.77. The molecule has 1 aliphatic heterocycles. The first-order valence-electron chi connectivity index (χ1n) is 6.06. The van der Waals surface area contributed by atoms with E-state index in [1.165, 1.54) is 12.1 Å². The van der Waals surface area contributed by atoms with E-state index in [1.807, 2.05) is 0 Å². The van der Waals surface area contributed by atoms with Crippen molar-refractivity contribution in [2.24, 2.45) is 0 Å². The van der Waals surface area contributed by atoms with Crippen molar-refractivity contribution in [2.45, 2.75) is 30.1 Å². The Balaban J connectivity index is 2.14. The van der Waals surface area contributed by atoms with Crippen LogP contribution in [0.2, 0.25) is 0 Å². The Kier molecular flexibility index (Phi) is 4.36. The first kappa shape index (κ1) is 15.3. The number of nitrogens with zero attached hydrogens (tertiary/aromatic N) is 1. The third-order valence-electron chi connectivity index (χ3n) is 2.94. The van der Waals surface area contributed by atoms with Crippen LogP contribution in [-0.2, 0) is 14.8 Å². The topological polar surface area (TPSA) is 46.6 Å². The molecule has 1 unspecified atom stereocenters. The van der Waals surface area contributed by atoms with Gasteiger partial charge in [0.25, 0.3) is 0 Å². The lowest BCUT2D eigenvalue weighted by molar-refractivity contribution is -0.193. The Hall–Kier alpha value is -1.12. The average Bonchev–Trinajstić information content (AvgIpc) is 2.86. The molecule has 0 saturated carbocycles. The van der Waals surface area contributed by atoms with Crippen molar-refractivity contribution in [3.63, 3.8) is 0 Å². The van der Waals surface area contributed by atoms with Gasteiger partial charge in [0.05, 0.1) is 4.90 Å². The molecule has 8 heteroatoms. The summed E-state index contributed by atoms with van der Waals surface area (Å²) in [4.78, 5) is 0.0579. The SMILES string of the molecule is O=S(=O)(c1ccccc1)N1CCCC1OCC(F)(F)F. The van der Waals surface area contributed by atoms with Gasteiger partial charge in [-0.3, -0.25) is 0 Å². The van der Waals surface area contributed by atoms with Gasteiger partial charge in [-0.05, 0) is 25.0 Å². The fraction of sp³-hybridized carbons (Fsp3) is 0.500. The lowest BCUT2D eigenvalue weighted by Gasteiger charge is -2.24. The van der Waals surface area contributed by atoms with Gasteiger partial charge in [-0.15, -0.1) is 0 Å². The molecule has 1 heterocycles. The van der Waals surface area contributed by atoms with E-state index in [2.05, 4.69) is 0 Å². The Morgan fingerprint density at radius 2 is 1.90 bits per heavy atom. The molecule has 0 amide bonds. The van der Waals surface area contributed by atoms with E-state index in [0.717, 1.165) is 4.31 Å². The van der Waals surface area contributed by atoms with E-state index in [1.54, 1.807) is 18.2 Å². The van der Waals surface area contributed by atoms with Crippen LogP contribution in [-0.4, -0.2) is 38.3 Å². The second kappa shape index (κ2) is 5.71. The molecule has 112 valence electrons. The predicted molar refractivity (Wildman–Crippen MR) is 65.4 cm³/mol. The second-order valence-electron chi connectivity index (χ2n) is 4.45. The minimum absolute atomic E-state index is 0.0579. The van der Waals surface area contributed by atoms with E-state index in [9.17, 15) is 21.6 Å². The first-order valence-corrected chi connectivity index (χ1v) is 7.50. The zero-order valence-electron chi connectivity index (χ0n) is 10.5. The smallest absolute Gasteiger partial charge is 0.353 e. The summed E-state index contributed by atoms with van der Waals surface area (Å²) < 4.78 is 66.9. The minimum atomic E-state index is -4.47. The molecular weight excluding hydrogens is 295 g/mol. The third kappa shape index (κ3) is 3.50. The highest BCUT2D eigenvalue weighted by molar-refractivity contribution is 7.89. The van der Waals surface area contributed by atoms with Gasteiger partial charge in [0, 0.05) is 6.54 Å². The number of hydrogen-bond donors (Lipinski definition) is 0. The standard InChI is InChI=1S/C12H14F3NO3S/c13-12(14,15)9-19-11-7-4-8-16(11)20(17,18)10-5-2-1-3-6-10/h1-3,5-6,11H,4,7-9H2. The van der Waals surface area contributed by atoms with E-state index >= 15 is 0 Å². The van der Waals surface area contributed by atoms with Gasteiger partial charge in [0.15, 0.2) is 0 Å². The van der Waals surface area contributed by atoms with Gasteiger partial charge in [0.2, 0.25) is 10.0 Å². The fourth-order valence-electron chi connectivity index (χ4n) is 2.07. The van der Waals surface area contributed by atoms with Crippen LogP contribution < -0.4 is 0 Å². The van der Waals surface area contributed by atoms with E-state index in [0.29, 0.717) is 6.42 Å². The maximum Gasteiger partial charge on any atom is 0.411 e. The van der Waals surface area contributed by atoms with Crippen molar-refractivity contribution in [1.29, 1.82) is 0 Å². The van der Waals surface area contributed by atoms with Gasteiger partial charge >= 0.3 is 6.18 Å². The maximum atomic E-state index is 12.3. The highest BCUT2D eigenvalue weighted by atomic mass is 32.2. The van der Waals surface area contributed by atoms with E-state index in [4.69, 9.17) is 4.74 Å². The Morgan fingerprint density at radius 1 is 1.25 bits per heavy atom. The largest absolute Gasteiger partial charge is 0.411 e. The Bertz CT molecular complexity index is 545. The van der Waals surface area contributed by atoms with E-state index in [-0.39, 0.29) is 17.9 Å². The average molecular weight is 309 g/mol. The molecule has 1 atom stereocenters. The van der Waals surface area contributed by atoms with Crippen LogP contribution in [0.3, 0.4) is 0 Å². The molecule has 1 aromatic carbocycles. The molecule has 0 radical (unpaired) electrons. The lowest BCUT2D eigenvalue weighted by Crippen LogP contribution is -2.38. The Labute approximate surface area is 115 Å². The summed E-state index contributed by atoms with van der Waals surface area (Å²) in [6, 6.07) is 7.62. The molecule has 0 aliphatic carbocycles. The number of rotatable bonds is 4. The zero-order chi connectivity index (χ0) is 14.8. The van der Waals surface area contributed by atoms with Crippen molar-refractivity contribution in [2.75, 3.05) is 13.2 Å². The second-order valence-corrected chi connectivity index (χ2v) is 6.34. The molecule has 20 heavy (non-hydrogen) atoms. The number of hydrogen-bond acceptors (Lipinski definition) is 3. The number of halogens is 3. The molecule has 4 nitrogen and oxygen atoms in total. The van der Waals surface area contributed by atoms with Crippen molar-refractivity contribution in [3.8, 4) is 0 Å². The minimum Gasteiger partial charge on any atom is -0.353 e. The van der Waals surface area contributed by atoms with Gasteiger partial charge in [-0.1, -0.05) is 18.2 Å². The predicted octanol–water partition coefficient (Wildman–Crippen LogP) is 2.38. The molecule has 0 spiro atoms. The third-order valence-corrected chi connectivity index (χ3v) is 4.84. The number of benzene rings is 1. The fourth-order valence-corrected chi connectivity index (χ4v) is 3.69. The number of ether oxygens (including phenoxy) is 1. The quantitative estimate of drug-likeness (QED) is 0.858. The molecule has 0 N–H and O–H groups in total. The molecule has 0 aromatic heterocycles. The molecule has 2 rings (SSSR count). The van der Waals surface area contributed by atoms with Crippen LogP contribution in [0.15, 0.2) is 35.2 Å². The molecule has 0 bridgehead atoms. The normalized spacial score (nSPS) is 21.2. The van der Waals surface area contributed by atoms with Crippen molar-refractivity contribution in [1.82, 2.24) is 4.31 Å². The highest BCUT2D eigenvalue weighted by Crippen LogP contribution is 2.28. The Morgan fingerprint density at radius 3 is 2.50 bits per heavy atom. The van der Waals surface area contributed by atoms with Crippen LogP contribution in [0.4, 0.5) is 13.2 Å². The van der Waals surface area contributed by atoms with Gasteiger partial charge in [-0.25, -0.2) is 8.42 Å². The van der Waals surface area contributed by atoms with Crippen LogP contribution in [0, 0.1) is 0 Å². The maximum absolute atomic E-state index is 12.3. The molecule has 1 aromatic rings. The summed E-state index contributed by atoms with van der Waals surface area (Å²) in [7, 11) is -3.81. The number of sulfonamides is 1. The summed E-state index contributed by atoms with van der Waals surface area (Å²) in [5.74, 6) is 0. The van der Waals surface area contributed by atoms with Crippen molar-refractivity contribution < 1.29 is 26.3 Å². The van der Waals surface area contributed by atoms with E-state index < -0.39 is 29.0 Å². The highest BCUT2D eigenvalue weighted by Gasteiger charge is 2.38. The molecule has 1 saturated heterocycles. The monoisotopic (exact) mass is 309 g/mol. The summed E-state index contributed by atoms with van der Waals surface area (Å²) in [5.41, 5.74) is 0. The number of alkyl halides is 3. The van der Waals surface area contributed by atoms with Crippen molar-refractivity contribution >= 4 is 10.0 Å². The molecule has 1 fully saturated rings. The molecular formula is C12H14F3NO3S. The lowest BCUT2D eigenvalue weighted by atomic mass is 10.4. The van der Waals surface area contributed by atoms with Gasteiger partial charge in [0.1, 0.15) is 12.8 Å². The summed E-state index contributed by atoms with van der Waals surface area (Å²) in [6.45, 7) is -1.28. The zero-order valence-corrected chi connectivity index (χ0v) is 11.3. The molecule has 1 aliphatic rings. The van der Waals surface area contributed by atoms with Crippen LogP contribution in [0.1, 0.15) is 12.8 Å². The summed E-state index contributed by atoms with van der Waals surface area (Å²) >= 11 is 0. The van der Waals surface area contributed by atoms with Crippen LogP contribution in [0.5, 0.6) is 0 Å². The van der Waals surface area contributed by atoms with Crippen LogP contribution in [0.25, 0.3) is 0 Å². The first-order chi connectivity index (χ1) is 9.31. The van der Waals surface area contributed by atoms with Crippen molar-refractivity contribution in [3.05, 3.63) is 30.3 Å².